The molecule has 1 nitrogen and oxygen atoms in total. The van der Waals surface area contributed by atoms with Gasteiger partial charge in [0.2, 0.25) is 0 Å². The zero-order valence-corrected chi connectivity index (χ0v) is 8.86. The second kappa shape index (κ2) is 3.17. The van der Waals surface area contributed by atoms with Gasteiger partial charge in [0.05, 0.1) is 0 Å². The molecule has 0 aromatic carbocycles. The number of alkyl halides is 1. The van der Waals surface area contributed by atoms with Crippen molar-refractivity contribution >= 4 is 26.7 Å². The fourth-order valence-corrected chi connectivity index (χ4v) is 5.00. The van der Waals surface area contributed by atoms with E-state index in [2.05, 4.69) is 15.9 Å². The molecule has 2 saturated heterocycles. The Balaban J connectivity index is 2.08. The summed E-state index contributed by atoms with van der Waals surface area (Å²) in [4.78, 5) is 0. The van der Waals surface area contributed by atoms with Gasteiger partial charge >= 0.3 is 0 Å². The molecule has 0 saturated carbocycles. The van der Waals surface area contributed by atoms with E-state index < -0.39 is 10.8 Å². The first-order valence-corrected chi connectivity index (χ1v) is 6.66. The molecule has 64 valence electrons. The summed E-state index contributed by atoms with van der Waals surface area (Å²) < 4.78 is 11.5. The fourth-order valence-electron chi connectivity index (χ4n) is 2.27. The molecule has 3 heteroatoms. The Bertz CT molecular complexity index is 167. The van der Waals surface area contributed by atoms with Gasteiger partial charge < -0.3 is 0 Å². The summed E-state index contributed by atoms with van der Waals surface area (Å²) in [6.07, 6.45) is 4.85. The molecular formula is C8H13BrOS. The molecule has 0 aromatic heterocycles. The molecule has 2 aliphatic heterocycles. The van der Waals surface area contributed by atoms with E-state index in [4.69, 9.17) is 0 Å². The minimum Gasteiger partial charge on any atom is -0.259 e. The lowest BCUT2D eigenvalue weighted by atomic mass is 10.0. The SMILES string of the molecule is O=S1C2CCC1CC(CBr)C2. The van der Waals surface area contributed by atoms with Crippen LogP contribution in [0.3, 0.4) is 0 Å². The Morgan fingerprint density at radius 1 is 1.27 bits per heavy atom. The van der Waals surface area contributed by atoms with E-state index in [9.17, 15) is 4.21 Å². The van der Waals surface area contributed by atoms with Gasteiger partial charge in [0.1, 0.15) is 0 Å². The summed E-state index contributed by atoms with van der Waals surface area (Å²) in [5.74, 6) is 0.810. The van der Waals surface area contributed by atoms with Gasteiger partial charge in [-0.1, -0.05) is 15.9 Å². The molecule has 0 radical (unpaired) electrons. The van der Waals surface area contributed by atoms with Gasteiger partial charge in [-0.2, -0.15) is 0 Å². The Morgan fingerprint density at radius 2 is 1.82 bits per heavy atom. The van der Waals surface area contributed by atoms with Crippen LogP contribution in [0.2, 0.25) is 0 Å². The van der Waals surface area contributed by atoms with Crippen LogP contribution in [0, 0.1) is 5.92 Å². The van der Waals surface area contributed by atoms with E-state index in [-0.39, 0.29) is 0 Å². The monoisotopic (exact) mass is 236 g/mol. The Morgan fingerprint density at radius 3 is 2.27 bits per heavy atom. The van der Waals surface area contributed by atoms with E-state index in [1.54, 1.807) is 0 Å². The molecule has 2 atom stereocenters. The summed E-state index contributed by atoms with van der Waals surface area (Å²) >= 11 is 3.51. The van der Waals surface area contributed by atoms with Crippen molar-refractivity contribution in [2.45, 2.75) is 36.2 Å². The van der Waals surface area contributed by atoms with E-state index in [0.717, 1.165) is 11.2 Å². The smallest absolute Gasteiger partial charge is 0.0354 e. The highest BCUT2D eigenvalue weighted by Gasteiger charge is 2.39. The number of hydrogen-bond donors (Lipinski definition) is 0. The van der Waals surface area contributed by atoms with Crippen LogP contribution in [0.4, 0.5) is 0 Å². The molecule has 2 unspecified atom stereocenters. The van der Waals surface area contributed by atoms with Crippen LogP contribution in [0.15, 0.2) is 0 Å². The predicted molar refractivity (Wildman–Crippen MR) is 51.5 cm³/mol. The van der Waals surface area contributed by atoms with Crippen molar-refractivity contribution in [2.75, 3.05) is 5.33 Å². The Kier molecular flexibility index (Phi) is 2.38. The molecule has 0 amide bonds. The zero-order chi connectivity index (χ0) is 7.84. The average Bonchev–Trinajstić information content (AvgIpc) is 2.26. The lowest BCUT2D eigenvalue weighted by Crippen LogP contribution is -2.28. The van der Waals surface area contributed by atoms with Gasteiger partial charge in [0.25, 0.3) is 0 Å². The maximum Gasteiger partial charge on any atom is 0.0354 e. The summed E-state index contributed by atoms with van der Waals surface area (Å²) in [6, 6.07) is 0. The summed E-state index contributed by atoms with van der Waals surface area (Å²) in [6.45, 7) is 0. The molecule has 2 fully saturated rings. The minimum atomic E-state index is -0.462. The fraction of sp³-hybridized carbons (Fsp3) is 1.00. The van der Waals surface area contributed by atoms with Gasteiger partial charge in [0.15, 0.2) is 0 Å². The minimum absolute atomic E-state index is 0.462. The molecule has 0 N–H and O–H groups in total. The average molecular weight is 237 g/mol. The maximum atomic E-state index is 11.5. The molecule has 2 aliphatic rings. The van der Waals surface area contributed by atoms with E-state index in [1.807, 2.05) is 0 Å². The van der Waals surface area contributed by atoms with E-state index in [0.29, 0.717) is 10.5 Å². The number of rotatable bonds is 1. The molecule has 0 spiro atoms. The molecule has 0 aromatic rings. The third kappa shape index (κ3) is 1.42. The van der Waals surface area contributed by atoms with Crippen molar-refractivity contribution < 1.29 is 4.21 Å². The van der Waals surface area contributed by atoms with Gasteiger partial charge in [-0.25, -0.2) is 0 Å². The second-order valence-corrected chi connectivity index (χ2v) is 6.28. The van der Waals surface area contributed by atoms with Gasteiger partial charge in [-0.05, 0) is 31.6 Å². The van der Waals surface area contributed by atoms with Crippen molar-refractivity contribution in [2.24, 2.45) is 5.92 Å². The largest absolute Gasteiger partial charge is 0.259 e. The van der Waals surface area contributed by atoms with E-state index >= 15 is 0 Å². The number of hydrogen-bond acceptors (Lipinski definition) is 1. The van der Waals surface area contributed by atoms with Crippen LogP contribution in [-0.2, 0) is 10.8 Å². The molecule has 2 bridgehead atoms. The van der Waals surface area contributed by atoms with Crippen molar-refractivity contribution in [3.8, 4) is 0 Å². The Labute approximate surface area is 78.5 Å². The maximum absolute atomic E-state index is 11.5. The van der Waals surface area contributed by atoms with Crippen LogP contribution >= 0.6 is 15.9 Å². The molecule has 0 aliphatic carbocycles. The quantitative estimate of drug-likeness (QED) is 0.638. The van der Waals surface area contributed by atoms with Gasteiger partial charge in [0, 0.05) is 26.6 Å². The summed E-state index contributed by atoms with van der Waals surface area (Å²) in [5, 5.41) is 2.21. The topological polar surface area (TPSA) is 17.1 Å². The van der Waals surface area contributed by atoms with Crippen LogP contribution in [0.1, 0.15) is 25.7 Å². The lowest BCUT2D eigenvalue weighted by molar-refractivity contribution is 0.491. The molecule has 11 heavy (non-hydrogen) atoms. The first-order chi connectivity index (χ1) is 5.31. The van der Waals surface area contributed by atoms with Crippen LogP contribution < -0.4 is 0 Å². The first-order valence-electron chi connectivity index (χ1n) is 4.26. The summed E-state index contributed by atoms with van der Waals surface area (Å²) in [7, 11) is -0.462. The predicted octanol–water partition coefficient (Wildman–Crippen LogP) is 2.07. The second-order valence-electron chi connectivity index (χ2n) is 3.64. The van der Waals surface area contributed by atoms with Crippen molar-refractivity contribution in [3.05, 3.63) is 0 Å². The van der Waals surface area contributed by atoms with Crippen molar-refractivity contribution in [1.82, 2.24) is 0 Å². The molecule has 2 rings (SSSR count). The van der Waals surface area contributed by atoms with Crippen molar-refractivity contribution in [1.29, 1.82) is 0 Å². The lowest BCUT2D eigenvalue weighted by Gasteiger charge is -2.25. The zero-order valence-electron chi connectivity index (χ0n) is 6.46. The highest BCUT2D eigenvalue weighted by atomic mass is 79.9. The van der Waals surface area contributed by atoms with Crippen LogP contribution in [0.5, 0.6) is 0 Å². The van der Waals surface area contributed by atoms with E-state index in [1.165, 1.54) is 25.7 Å². The molecular weight excluding hydrogens is 224 g/mol. The number of halogens is 1. The first kappa shape index (κ1) is 8.24. The van der Waals surface area contributed by atoms with Crippen molar-refractivity contribution in [3.63, 3.8) is 0 Å². The number of fused-ring (bicyclic) bond motifs is 2. The highest BCUT2D eigenvalue weighted by Crippen LogP contribution is 2.38. The van der Waals surface area contributed by atoms with Crippen LogP contribution in [0.25, 0.3) is 0 Å². The normalized spacial score (nSPS) is 49.5. The Hall–Kier alpha value is 0.630. The molecule has 2 heterocycles. The standard InChI is InChI=1S/C8H13BrOS/c9-5-6-3-7-1-2-8(4-6)11(7)10/h6-8H,1-5H2. The van der Waals surface area contributed by atoms with Gasteiger partial charge in [-0.3, -0.25) is 4.21 Å². The third-order valence-electron chi connectivity index (χ3n) is 2.88. The van der Waals surface area contributed by atoms with Gasteiger partial charge in [-0.15, -0.1) is 0 Å². The highest BCUT2D eigenvalue weighted by molar-refractivity contribution is 9.09. The summed E-state index contributed by atoms with van der Waals surface area (Å²) in [5.41, 5.74) is 0. The van der Waals surface area contributed by atoms with Crippen LogP contribution in [-0.4, -0.2) is 20.0 Å². The third-order valence-corrected chi connectivity index (χ3v) is 5.96.